The van der Waals surface area contributed by atoms with Crippen molar-refractivity contribution in [3.05, 3.63) is 53.4 Å². The molecule has 0 spiro atoms. The molecule has 1 aromatic rings. The van der Waals surface area contributed by atoms with E-state index in [1.165, 1.54) is 20.8 Å². The van der Waals surface area contributed by atoms with Crippen molar-refractivity contribution in [1.82, 2.24) is 15.4 Å². The largest absolute Gasteiger partial charge is 0.289 e. The van der Waals surface area contributed by atoms with Gasteiger partial charge in [0, 0.05) is 0 Å². The molecule has 108 valence electrons. The summed E-state index contributed by atoms with van der Waals surface area (Å²) in [6, 6.07) is 0. The van der Waals surface area contributed by atoms with E-state index in [2.05, 4.69) is 35.1 Å². The Morgan fingerprint density at radius 2 is 1.05 bits per heavy atom. The number of carbonyl (C=O) groups excluding carboxylic acids is 3. The number of allylic oxidation sites excluding steroid dienone is 3. The first-order valence-corrected chi connectivity index (χ1v) is 6.02. The van der Waals surface area contributed by atoms with Crippen molar-refractivity contribution in [2.24, 2.45) is 0 Å². The molecule has 6 nitrogen and oxygen atoms in total. The standard InChI is InChI=1S/C15H15N3O3/c1-7(2)13(19)10-11(14(20)8(3)4)16-18-17-12(10)15(21)9(5)6/h1,3,5H2,2,4,6H3. The van der Waals surface area contributed by atoms with Gasteiger partial charge in [0.05, 0.1) is 5.56 Å². The van der Waals surface area contributed by atoms with Crippen LogP contribution in [0.15, 0.2) is 36.5 Å². The summed E-state index contributed by atoms with van der Waals surface area (Å²) in [5.74, 6) is -1.75. The second kappa shape index (κ2) is 6.13. The first kappa shape index (κ1) is 16.3. The molecular weight excluding hydrogens is 270 g/mol. The fourth-order valence-corrected chi connectivity index (χ4v) is 1.47. The van der Waals surface area contributed by atoms with E-state index in [0.717, 1.165) is 0 Å². The molecule has 0 aliphatic heterocycles. The highest BCUT2D eigenvalue weighted by atomic mass is 16.1. The second-order valence-corrected chi connectivity index (χ2v) is 4.69. The first-order chi connectivity index (χ1) is 9.68. The van der Waals surface area contributed by atoms with Crippen LogP contribution in [0.4, 0.5) is 0 Å². The maximum absolute atomic E-state index is 12.3. The number of nitrogens with zero attached hydrogens (tertiary/aromatic N) is 3. The lowest BCUT2D eigenvalue weighted by Gasteiger charge is -2.09. The molecule has 0 aliphatic rings. The smallest absolute Gasteiger partial charge is 0.209 e. The summed E-state index contributed by atoms with van der Waals surface area (Å²) < 4.78 is 0. The molecule has 0 atom stereocenters. The average molecular weight is 285 g/mol. The molecule has 0 saturated carbocycles. The third-order valence-corrected chi connectivity index (χ3v) is 2.58. The number of carbonyl (C=O) groups is 3. The summed E-state index contributed by atoms with van der Waals surface area (Å²) in [7, 11) is 0. The molecule has 0 N–H and O–H groups in total. The predicted molar refractivity (Wildman–Crippen MR) is 77.3 cm³/mol. The molecular formula is C15H15N3O3. The molecule has 0 saturated heterocycles. The normalized spacial score (nSPS) is 9.86. The van der Waals surface area contributed by atoms with Crippen molar-refractivity contribution in [1.29, 1.82) is 0 Å². The van der Waals surface area contributed by atoms with Gasteiger partial charge < -0.3 is 0 Å². The van der Waals surface area contributed by atoms with Crippen LogP contribution >= 0.6 is 0 Å². The molecule has 0 amide bonds. The Bertz CT molecular complexity index is 658. The van der Waals surface area contributed by atoms with Crippen molar-refractivity contribution in [2.45, 2.75) is 20.8 Å². The number of hydrogen-bond donors (Lipinski definition) is 0. The van der Waals surface area contributed by atoms with E-state index < -0.39 is 17.3 Å². The average Bonchev–Trinajstić information content (AvgIpc) is 2.43. The van der Waals surface area contributed by atoms with Gasteiger partial charge in [-0.05, 0) is 42.7 Å². The van der Waals surface area contributed by atoms with Gasteiger partial charge in [0.1, 0.15) is 11.4 Å². The third-order valence-electron chi connectivity index (χ3n) is 2.58. The van der Waals surface area contributed by atoms with Crippen molar-refractivity contribution in [3.8, 4) is 0 Å². The Hall–Kier alpha value is -2.76. The van der Waals surface area contributed by atoms with E-state index >= 15 is 0 Å². The van der Waals surface area contributed by atoms with Crippen LogP contribution in [0.3, 0.4) is 0 Å². The zero-order valence-electron chi connectivity index (χ0n) is 12.2. The Morgan fingerprint density at radius 3 is 1.33 bits per heavy atom. The summed E-state index contributed by atoms with van der Waals surface area (Å²) >= 11 is 0. The molecule has 0 aliphatic carbocycles. The van der Waals surface area contributed by atoms with Gasteiger partial charge in [-0.25, -0.2) is 0 Å². The Kier molecular flexibility index (Phi) is 4.75. The topological polar surface area (TPSA) is 89.9 Å². The van der Waals surface area contributed by atoms with Gasteiger partial charge in [-0.15, -0.1) is 10.2 Å². The second-order valence-electron chi connectivity index (χ2n) is 4.69. The molecule has 6 heteroatoms. The van der Waals surface area contributed by atoms with Crippen LogP contribution in [0, 0.1) is 0 Å². The van der Waals surface area contributed by atoms with Crippen molar-refractivity contribution in [3.63, 3.8) is 0 Å². The van der Waals surface area contributed by atoms with E-state index in [1.54, 1.807) is 0 Å². The van der Waals surface area contributed by atoms with Gasteiger partial charge in [-0.1, -0.05) is 19.7 Å². The quantitative estimate of drug-likeness (QED) is 0.587. The van der Waals surface area contributed by atoms with Gasteiger partial charge in [0.2, 0.25) is 11.6 Å². The lowest BCUT2D eigenvalue weighted by atomic mass is 9.95. The summed E-state index contributed by atoms with van der Waals surface area (Å²) in [6.45, 7) is 15.0. The minimum atomic E-state index is -0.591. The van der Waals surface area contributed by atoms with Crippen LogP contribution in [-0.2, 0) is 0 Å². The van der Waals surface area contributed by atoms with E-state index in [9.17, 15) is 14.4 Å². The van der Waals surface area contributed by atoms with Crippen LogP contribution in [0.2, 0.25) is 0 Å². The summed E-state index contributed by atoms with van der Waals surface area (Å²) in [4.78, 5) is 36.5. The monoisotopic (exact) mass is 285 g/mol. The van der Waals surface area contributed by atoms with Gasteiger partial charge in [0.25, 0.3) is 0 Å². The fourth-order valence-electron chi connectivity index (χ4n) is 1.47. The Morgan fingerprint density at radius 1 is 0.714 bits per heavy atom. The molecule has 0 unspecified atom stereocenters. The van der Waals surface area contributed by atoms with Crippen LogP contribution in [0.25, 0.3) is 0 Å². The van der Waals surface area contributed by atoms with E-state index in [1.807, 2.05) is 0 Å². The molecule has 1 aromatic heterocycles. The summed E-state index contributed by atoms with van der Waals surface area (Å²) in [5.41, 5.74) is -0.236. The van der Waals surface area contributed by atoms with Crippen LogP contribution in [0.1, 0.15) is 52.1 Å². The summed E-state index contributed by atoms with van der Waals surface area (Å²) in [5, 5.41) is 10.6. The van der Waals surface area contributed by atoms with E-state index in [0.29, 0.717) is 0 Å². The maximum Gasteiger partial charge on any atom is 0.209 e. The molecule has 0 fully saturated rings. The maximum atomic E-state index is 12.3. The first-order valence-electron chi connectivity index (χ1n) is 6.02. The zero-order chi connectivity index (χ0) is 16.3. The number of rotatable bonds is 6. The summed E-state index contributed by atoms with van der Waals surface area (Å²) in [6.07, 6.45) is 0. The number of ketones is 3. The number of Topliss-reactive ketones (excluding diaryl/α,β-unsaturated/α-hetero) is 3. The van der Waals surface area contributed by atoms with Crippen molar-refractivity contribution >= 4 is 17.3 Å². The number of hydrogen-bond acceptors (Lipinski definition) is 6. The highest BCUT2D eigenvalue weighted by Crippen LogP contribution is 2.19. The Labute approximate surface area is 122 Å². The Balaban J connectivity index is 3.72. The van der Waals surface area contributed by atoms with Gasteiger partial charge in [-0.3, -0.25) is 14.4 Å². The number of aromatic nitrogens is 3. The van der Waals surface area contributed by atoms with Crippen LogP contribution < -0.4 is 0 Å². The van der Waals surface area contributed by atoms with Gasteiger partial charge in [-0.2, -0.15) is 0 Å². The van der Waals surface area contributed by atoms with Crippen molar-refractivity contribution in [2.75, 3.05) is 0 Å². The minimum absolute atomic E-state index is 0.149. The van der Waals surface area contributed by atoms with E-state index in [-0.39, 0.29) is 33.7 Å². The molecule has 1 rings (SSSR count). The minimum Gasteiger partial charge on any atom is -0.289 e. The van der Waals surface area contributed by atoms with Crippen LogP contribution in [-0.4, -0.2) is 32.8 Å². The lowest BCUT2D eigenvalue weighted by molar-refractivity contribution is 0.0979. The SMILES string of the molecule is C=C(C)C(=O)c1nnnc(C(=O)C(=C)C)c1C(=O)C(=C)C. The highest BCUT2D eigenvalue weighted by molar-refractivity contribution is 6.23. The molecule has 0 aromatic carbocycles. The molecule has 21 heavy (non-hydrogen) atoms. The third kappa shape index (κ3) is 3.22. The lowest BCUT2D eigenvalue weighted by Crippen LogP contribution is -2.21. The van der Waals surface area contributed by atoms with Crippen LogP contribution in [0.5, 0.6) is 0 Å². The van der Waals surface area contributed by atoms with Crippen molar-refractivity contribution < 1.29 is 14.4 Å². The molecule has 0 bridgehead atoms. The van der Waals surface area contributed by atoms with Gasteiger partial charge in [0.15, 0.2) is 5.78 Å². The van der Waals surface area contributed by atoms with E-state index in [4.69, 9.17) is 0 Å². The predicted octanol–water partition coefficient (Wildman–Crippen LogP) is 2.15. The zero-order valence-corrected chi connectivity index (χ0v) is 12.2. The highest BCUT2D eigenvalue weighted by Gasteiger charge is 2.28. The molecule has 0 radical (unpaired) electrons. The fraction of sp³-hybridized carbons (Fsp3) is 0.200. The van der Waals surface area contributed by atoms with Gasteiger partial charge >= 0.3 is 0 Å². The molecule has 1 heterocycles.